The molecule has 1 aromatic carbocycles. The molecule has 1 amide bonds. The highest BCUT2D eigenvalue weighted by Gasteiger charge is 2.29. The maximum absolute atomic E-state index is 11.8. The predicted octanol–water partition coefficient (Wildman–Crippen LogP) is 1.65. The number of carbonyl (C=O) groups is 1. The van der Waals surface area contributed by atoms with Crippen LogP contribution in [-0.4, -0.2) is 19.6 Å². The molecule has 2 N–H and O–H groups in total. The highest BCUT2D eigenvalue weighted by Crippen LogP contribution is 2.30. The summed E-state index contributed by atoms with van der Waals surface area (Å²) in [5.41, 5.74) is 7.23. The molecule has 0 aromatic heterocycles. The molecule has 86 valence electrons. The number of methoxy groups -OCH3 is 1. The molecule has 1 aliphatic rings. The van der Waals surface area contributed by atoms with E-state index in [1.807, 2.05) is 13.0 Å². The fourth-order valence-electron chi connectivity index (χ4n) is 1.97. The van der Waals surface area contributed by atoms with Crippen molar-refractivity contribution >= 4 is 17.3 Å². The first-order valence-electron chi connectivity index (χ1n) is 5.38. The van der Waals surface area contributed by atoms with Gasteiger partial charge in [-0.05, 0) is 24.6 Å². The number of amides is 1. The molecule has 0 spiro atoms. The van der Waals surface area contributed by atoms with E-state index in [-0.39, 0.29) is 11.8 Å². The number of nitrogen functional groups attached to an aromatic ring is 1. The van der Waals surface area contributed by atoms with Gasteiger partial charge in [0.2, 0.25) is 5.91 Å². The van der Waals surface area contributed by atoms with Crippen molar-refractivity contribution in [2.45, 2.75) is 13.3 Å². The summed E-state index contributed by atoms with van der Waals surface area (Å²) in [5.74, 6) is 0.927. The van der Waals surface area contributed by atoms with E-state index in [1.54, 1.807) is 24.1 Å². The summed E-state index contributed by atoms with van der Waals surface area (Å²) in [6.07, 6.45) is 0.908. The highest BCUT2D eigenvalue weighted by molar-refractivity contribution is 5.97. The summed E-state index contributed by atoms with van der Waals surface area (Å²) in [7, 11) is 1.58. The van der Waals surface area contributed by atoms with Gasteiger partial charge in [0, 0.05) is 18.2 Å². The normalized spacial score (nSPS) is 20.2. The zero-order valence-corrected chi connectivity index (χ0v) is 9.56. The van der Waals surface area contributed by atoms with Crippen LogP contribution in [0.15, 0.2) is 18.2 Å². The van der Waals surface area contributed by atoms with E-state index in [1.165, 1.54) is 0 Å². The van der Waals surface area contributed by atoms with E-state index in [9.17, 15) is 4.79 Å². The first-order valence-corrected chi connectivity index (χ1v) is 5.38. The second-order valence-electron chi connectivity index (χ2n) is 4.11. The Morgan fingerprint density at radius 3 is 2.75 bits per heavy atom. The maximum Gasteiger partial charge on any atom is 0.229 e. The van der Waals surface area contributed by atoms with Crippen molar-refractivity contribution in [1.29, 1.82) is 0 Å². The molecule has 1 fully saturated rings. The molecule has 1 aromatic rings. The van der Waals surface area contributed by atoms with Gasteiger partial charge in [0.05, 0.1) is 12.8 Å². The average Bonchev–Trinajstić information content (AvgIpc) is 2.60. The quantitative estimate of drug-likeness (QED) is 0.771. The van der Waals surface area contributed by atoms with Crippen LogP contribution in [0.5, 0.6) is 5.75 Å². The van der Waals surface area contributed by atoms with E-state index in [0.717, 1.165) is 18.7 Å². The Morgan fingerprint density at radius 1 is 1.50 bits per heavy atom. The van der Waals surface area contributed by atoms with Crippen molar-refractivity contribution in [1.82, 2.24) is 0 Å². The third-order valence-electron chi connectivity index (χ3n) is 3.00. The third kappa shape index (κ3) is 1.71. The number of rotatable bonds is 2. The van der Waals surface area contributed by atoms with E-state index in [4.69, 9.17) is 10.5 Å². The topological polar surface area (TPSA) is 55.6 Å². The van der Waals surface area contributed by atoms with Crippen LogP contribution in [0.1, 0.15) is 13.3 Å². The summed E-state index contributed by atoms with van der Waals surface area (Å²) in [6.45, 7) is 2.72. The smallest absolute Gasteiger partial charge is 0.229 e. The Bertz CT molecular complexity index is 417. The van der Waals surface area contributed by atoms with Crippen LogP contribution in [0.3, 0.4) is 0 Å². The Balaban J connectivity index is 2.28. The Morgan fingerprint density at radius 2 is 2.25 bits per heavy atom. The Labute approximate surface area is 95.0 Å². The molecule has 4 nitrogen and oxygen atoms in total. The van der Waals surface area contributed by atoms with E-state index in [0.29, 0.717) is 11.4 Å². The Hall–Kier alpha value is -1.71. The van der Waals surface area contributed by atoms with Gasteiger partial charge in [0.25, 0.3) is 0 Å². The summed E-state index contributed by atoms with van der Waals surface area (Å²) in [6, 6.07) is 5.45. The van der Waals surface area contributed by atoms with Crippen molar-refractivity contribution in [3.8, 4) is 5.75 Å². The van der Waals surface area contributed by atoms with Crippen molar-refractivity contribution in [3.05, 3.63) is 18.2 Å². The van der Waals surface area contributed by atoms with Gasteiger partial charge in [-0.1, -0.05) is 6.92 Å². The van der Waals surface area contributed by atoms with Crippen LogP contribution in [0.25, 0.3) is 0 Å². The molecule has 1 atom stereocenters. The lowest BCUT2D eigenvalue weighted by Crippen LogP contribution is -2.26. The molecule has 1 heterocycles. The number of hydrogen-bond donors (Lipinski definition) is 1. The first kappa shape index (κ1) is 10.8. The summed E-state index contributed by atoms with van der Waals surface area (Å²) in [4.78, 5) is 13.6. The number of nitrogens with zero attached hydrogens (tertiary/aromatic N) is 1. The molecule has 1 unspecified atom stereocenters. The molecule has 0 saturated carbocycles. The molecule has 0 aliphatic carbocycles. The van der Waals surface area contributed by atoms with Crippen LogP contribution in [-0.2, 0) is 4.79 Å². The highest BCUT2D eigenvalue weighted by atomic mass is 16.5. The average molecular weight is 220 g/mol. The van der Waals surface area contributed by atoms with Gasteiger partial charge in [-0.25, -0.2) is 0 Å². The van der Waals surface area contributed by atoms with Crippen LogP contribution in [0, 0.1) is 5.92 Å². The molecule has 16 heavy (non-hydrogen) atoms. The number of benzene rings is 1. The molecule has 4 heteroatoms. The fourth-order valence-corrected chi connectivity index (χ4v) is 1.97. The van der Waals surface area contributed by atoms with Crippen molar-refractivity contribution in [2.75, 3.05) is 24.3 Å². The van der Waals surface area contributed by atoms with Gasteiger partial charge >= 0.3 is 0 Å². The van der Waals surface area contributed by atoms with Crippen LogP contribution in [0.4, 0.5) is 11.4 Å². The lowest BCUT2D eigenvalue weighted by Gasteiger charge is -2.17. The lowest BCUT2D eigenvalue weighted by atomic mass is 10.1. The Kier molecular flexibility index (Phi) is 2.73. The van der Waals surface area contributed by atoms with Gasteiger partial charge in [-0.2, -0.15) is 0 Å². The molecule has 0 radical (unpaired) electrons. The first-order chi connectivity index (χ1) is 7.63. The van der Waals surface area contributed by atoms with Gasteiger partial charge in [0.15, 0.2) is 0 Å². The summed E-state index contributed by atoms with van der Waals surface area (Å²) < 4.78 is 5.08. The lowest BCUT2D eigenvalue weighted by molar-refractivity contribution is -0.119. The molecule has 2 rings (SSSR count). The molecule has 1 saturated heterocycles. The van der Waals surface area contributed by atoms with E-state index in [2.05, 4.69) is 0 Å². The van der Waals surface area contributed by atoms with Gasteiger partial charge in [0.1, 0.15) is 5.75 Å². The van der Waals surface area contributed by atoms with Crippen molar-refractivity contribution < 1.29 is 9.53 Å². The fraction of sp³-hybridized carbons (Fsp3) is 0.417. The standard InChI is InChI=1S/C12H16N2O2/c1-8-5-6-14(12(8)15)9-3-4-11(16-2)10(13)7-9/h3-4,7-8H,5-6,13H2,1-2H3. The molecular weight excluding hydrogens is 204 g/mol. The zero-order chi connectivity index (χ0) is 11.7. The molecule has 0 bridgehead atoms. The summed E-state index contributed by atoms with van der Waals surface area (Å²) >= 11 is 0. The minimum absolute atomic E-state index is 0.114. The van der Waals surface area contributed by atoms with Gasteiger partial charge in [-0.15, -0.1) is 0 Å². The van der Waals surface area contributed by atoms with E-state index < -0.39 is 0 Å². The van der Waals surface area contributed by atoms with E-state index >= 15 is 0 Å². The summed E-state index contributed by atoms with van der Waals surface area (Å²) in [5, 5.41) is 0. The van der Waals surface area contributed by atoms with Crippen LogP contribution >= 0.6 is 0 Å². The number of carbonyl (C=O) groups excluding carboxylic acids is 1. The second-order valence-corrected chi connectivity index (χ2v) is 4.11. The maximum atomic E-state index is 11.8. The number of nitrogens with two attached hydrogens (primary N) is 1. The van der Waals surface area contributed by atoms with Crippen molar-refractivity contribution in [3.63, 3.8) is 0 Å². The second kappa shape index (κ2) is 4.04. The van der Waals surface area contributed by atoms with Crippen LogP contribution in [0.2, 0.25) is 0 Å². The SMILES string of the molecule is COc1ccc(N2CCC(C)C2=O)cc1N. The number of anilines is 2. The minimum atomic E-state index is 0.114. The molecular formula is C12H16N2O2. The third-order valence-corrected chi connectivity index (χ3v) is 3.00. The monoisotopic (exact) mass is 220 g/mol. The van der Waals surface area contributed by atoms with Crippen LogP contribution < -0.4 is 15.4 Å². The predicted molar refractivity (Wildman–Crippen MR) is 63.5 cm³/mol. The van der Waals surface area contributed by atoms with Gasteiger partial charge in [-0.3, -0.25) is 4.79 Å². The zero-order valence-electron chi connectivity index (χ0n) is 9.56. The number of ether oxygens (including phenoxy) is 1. The molecule has 1 aliphatic heterocycles. The van der Waals surface area contributed by atoms with Crippen molar-refractivity contribution in [2.24, 2.45) is 5.92 Å². The minimum Gasteiger partial charge on any atom is -0.495 e. The number of hydrogen-bond acceptors (Lipinski definition) is 3. The van der Waals surface area contributed by atoms with Gasteiger partial charge < -0.3 is 15.4 Å². The largest absolute Gasteiger partial charge is 0.495 e.